The van der Waals surface area contributed by atoms with E-state index in [1.807, 2.05) is 11.0 Å². The first-order chi connectivity index (χ1) is 22.8. The van der Waals surface area contributed by atoms with Crippen LogP contribution in [-0.2, 0) is 38.0 Å². The number of carbonyl (C=O) groups excluding carboxylic acids is 1. The van der Waals surface area contributed by atoms with Crippen LogP contribution >= 0.6 is 0 Å². The predicted molar refractivity (Wildman–Crippen MR) is 174 cm³/mol. The van der Waals surface area contributed by atoms with Crippen molar-refractivity contribution < 1.29 is 31.1 Å². The lowest BCUT2D eigenvalue weighted by Crippen LogP contribution is -2.42. The molecule has 0 saturated carbocycles. The summed E-state index contributed by atoms with van der Waals surface area (Å²) in [5.41, 5.74) is 9.42. The number of pyridine rings is 1. The number of nitrogens with two attached hydrogens (primary N) is 1. The van der Waals surface area contributed by atoms with Gasteiger partial charge in [0.2, 0.25) is 0 Å². The number of hydrogen-bond acceptors (Lipinski definition) is 4. The van der Waals surface area contributed by atoms with Gasteiger partial charge < -0.3 is 15.5 Å². The predicted octanol–water partition coefficient (Wildman–Crippen LogP) is 8.13. The second-order valence-electron chi connectivity index (χ2n) is 12.9. The van der Waals surface area contributed by atoms with Gasteiger partial charge in [-0.1, -0.05) is 24.3 Å². The van der Waals surface area contributed by atoms with E-state index in [-0.39, 0.29) is 11.9 Å². The Hall–Kier alpha value is -4.12. The Balaban J connectivity index is 1.29. The van der Waals surface area contributed by atoms with Crippen molar-refractivity contribution in [1.82, 2.24) is 14.8 Å². The average Bonchev–Trinajstić information content (AvgIpc) is 3.75. The Morgan fingerprint density at radius 1 is 0.729 bits per heavy atom. The van der Waals surface area contributed by atoms with E-state index < -0.39 is 23.5 Å². The maximum Gasteiger partial charge on any atom is 0.416 e. The number of anilines is 1. The first-order valence-corrected chi connectivity index (χ1v) is 16.4. The molecule has 5 nitrogen and oxygen atoms in total. The summed E-state index contributed by atoms with van der Waals surface area (Å²) in [5.74, 6) is -0.0980. The summed E-state index contributed by atoms with van der Waals surface area (Å²) in [4.78, 5) is 23.5. The molecule has 2 aliphatic rings. The number of likely N-dealkylation sites (tertiary alicyclic amines) is 2. The SMILES string of the molecule is Nc1cc(CCc2ccc(C(F)(F)F)cc2)cc2c(C(=O)N3CCC[C@H]3CN3CCCC3)cc(CCc3ccc(C(F)(F)F)cc3)nc12. The van der Waals surface area contributed by atoms with Gasteiger partial charge in [-0.3, -0.25) is 9.78 Å². The summed E-state index contributed by atoms with van der Waals surface area (Å²) >= 11 is 0. The molecule has 6 rings (SSSR count). The van der Waals surface area contributed by atoms with Gasteiger partial charge in [-0.25, -0.2) is 0 Å². The summed E-state index contributed by atoms with van der Waals surface area (Å²) < 4.78 is 78.3. The number of rotatable bonds is 9. The fourth-order valence-corrected chi connectivity index (χ4v) is 6.91. The zero-order valence-corrected chi connectivity index (χ0v) is 26.5. The van der Waals surface area contributed by atoms with Crippen molar-refractivity contribution in [3.63, 3.8) is 0 Å². The number of carbonyl (C=O) groups is 1. The molecule has 3 aromatic carbocycles. The molecule has 3 heterocycles. The molecular weight excluding hydrogens is 630 g/mol. The van der Waals surface area contributed by atoms with Gasteiger partial charge in [0.1, 0.15) is 0 Å². The lowest BCUT2D eigenvalue weighted by atomic mass is 9.97. The van der Waals surface area contributed by atoms with Crippen LogP contribution in [0.5, 0.6) is 0 Å². The maximum atomic E-state index is 14.4. The number of benzene rings is 3. The normalized spacial score (nSPS) is 17.5. The van der Waals surface area contributed by atoms with Crippen LogP contribution in [0, 0.1) is 0 Å². The van der Waals surface area contributed by atoms with Crippen LogP contribution in [0.15, 0.2) is 66.7 Å². The molecule has 11 heteroatoms. The zero-order chi connectivity index (χ0) is 34.1. The highest BCUT2D eigenvalue weighted by Gasteiger charge is 2.33. The first-order valence-electron chi connectivity index (χ1n) is 16.4. The standard InChI is InChI=1S/C37H38F6N4O/c38-36(39,40)27-12-7-24(8-13-27)5-6-26-20-31-32(35(48)47-19-3-4-30(47)23-46-17-1-2-18-46)22-29(45-34(31)33(44)21-26)16-11-25-9-14-28(15-10-25)37(41,42)43/h7-10,12-15,20-22,30H,1-6,11,16-19,23,44H2/t30-/m0/s1. The molecular formula is C37H38F6N4O. The van der Waals surface area contributed by atoms with E-state index in [0.717, 1.165) is 86.3 Å². The third-order valence-electron chi connectivity index (χ3n) is 9.53. The van der Waals surface area contributed by atoms with Crippen LogP contribution in [0.1, 0.15) is 69.6 Å². The Bertz CT molecular complexity index is 1750. The Morgan fingerprint density at radius 3 is 1.88 bits per heavy atom. The van der Waals surface area contributed by atoms with Gasteiger partial charge >= 0.3 is 12.4 Å². The molecule has 2 N–H and O–H groups in total. The number of nitrogens with zero attached hydrogens (tertiary/aromatic N) is 3. The molecule has 2 saturated heterocycles. The van der Waals surface area contributed by atoms with Crippen molar-refractivity contribution in [1.29, 1.82) is 0 Å². The van der Waals surface area contributed by atoms with Crippen LogP contribution in [-0.4, -0.2) is 52.9 Å². The number of halogens is 6. The first kappa shape index (κ1) is 33.8. The second-order valence-corrected chi connectivity index (χ2v) is 12.9. The summed E-state index contributed by atoms with van der Waals surface area (Å²) in [6.45, 7) is 3.54. The van der Waals surface area contributed by atoms with Gasteiger partial charge in [0.05, 0.1) is 27.9 Å². The van der Waals surface area contributed by atoms with Gasteiger partial charge in [-0.2, -0.15) is 26.3 Å². The largest absolute Gasteiger partial charge is 0.416 e. The van der Waals surface area contributed by atoms with Gasteiger partial charge in [0, 0.05) is 30.2 Å². The number of aromatic nitrogens is 1. The molecule has 0 spiro atoms. The molecule has 48 heavy (non-hydrogen) atoms. The fourth-order valence-electron chi connectivity index (χ4n) is 6.91. The van der Waals surface area contributed by atoms with Crippen molar-refractivity contribution in [2.24, 2.45) is 0 Å². The molecule has 0 bridgehead atoms. The molecule has 2 fully saturated rings. The number of hydrogen-bond donors (Lipinski definition) is 1. The summed E-state index contributed by atoms with van der Waals surface area (Å²) in [7, 11) is 0. The van der Waals surface area contributed by atoms with Crippen LogP contribution in [0.3, 0.4) is 0 Å². The lowest BCUT2D eigenvalue weighted by Gasteiger charge is -2.29. The summed E-state index contributed by atoms with van der Waals surface area (Å²) in [6.07, 6.45) is -2.86. The van der Waals surface area contributed by atoms with Gasteiger partial charge in [0.25, 0.3) is 5.91 Å². The number of amides is 1. The minimum Gasteiger partial charge on any atom is -0.397 e. The van der Waals surface area contributed by atoms with E-state index in [1.54, 1.807) is 12.1 Å². The monoisotopic (exact) mass is 668 g/mol. The topological polar surface area (TPSA) is 62.5 Å². The van der Waals surface area contributed by atoms with Gasteiger partial charge in [-0.15, -0.1) is 0 Å². The van der Waals surface area contributed by atoms with E-state index in [4.69, 9.17) is 10.7 Å². The van der Waals surface area contributed by atoms with Crippen LogP contribution < -0.4 is 5.73 Å². The Labute approximate surface area is 275 Å². The minimum atomic E-state index is -4.41. The fraction of sp³-hybridized carbons (Fsp3) is 0.405. The highest BCUT2D eigenvalue weighted by Crippen LogP contribution is 2.33. The third-order valence-corrected chi connectivity index (χ3v) is 9.53. The Kier molecular flexibility index (Phi) is 9.69. The second kappa shape index (κ2) is 13.8. The average molecular weight is 669 g/mol. The molecule has 1 atom stereocenters. The van der Waals surface area contributed by atoms with Crippen molar-refractivity contribution in [3.8, 4) is 0 Å². The van der Waals surface area contributed by atoms with E-state index in [9.17, 15) is 31.1 Å². The van der Waals surface area contributed by atoms with Crippen molar-refractivity contribution >= 4 is 22.5 Å². The van der Waals surface area contributed by atoms with Crippen molar-refractivity contribution in [2.45, 2.75) is 69.8 Å². The molecule has 2 aliphatic heterocycles. The number of alkyl halides is 6. The number of nitrogen functional groups attached to an aromatic ring is 1. The lowest BCUT2D eigenvalue weighted by molar-refractivity contribution is -0.138. The van der Waals surface area contributed by atoms with Gasteiger partial charge in [-0.05, 0) is 124 Å². The molecule has 0 radical (unpaired) electrons. The van der Waals surface area contributed by atoms with Crippen LogP contribution in [0.25, 0.3) is 10.9 Å². The molecule has 4 aromatic rings. The minimum absolute atomic E-state index is 0.0922. The van der Waals surface area contributed by atoms with Gasteiger partial charge in [0.15, 0.2) is 0 Å². The molecule has 1 aromatic heterocycles. The van der Waals surface area contributed by atoms with E-state index in [0.29, 0.717) is 60.1 Å². The Morgan fingerprint density at radius 2 is 1.29 bits per heavy atom. The van der Waals surface area contributed by atoms with Crippen molar-refractivity contribution in [3.05, 3.63) is 106 Å². The zero-order valence-electron chi connectivity index (χ0n) is 26.5. The van der Waals surface area contributed by atoms with Crippen molar-refractivity contribution in [2.75, 3.05) is 31.9 Å². The molecule has 254 valence electrons. The molecule has 1 amide bonds. The quantitative estimate of drug-likeness (QED) is 0.145. The number of aryl methyl sites for hydroxylation is 4. The van der Waals surface area contributed by atoms with Crippen LogP contribution in [0.4, 0.5) is 32.0 Å². The smallest absolute Gasteiger partial charge is 0.397 e. The summed E-state index contributed by atoms with van der Waals surface area (Å²) in [6, 6.07) is 15.7. The molecule has 0 aliphatic carbocycles. The van der Waals surface area contributed by atoms with Crippen LogP contribution in [0.2, 0.25) is 0 Å². The molecule has 0 unspecified atom stereocenters. The highest BCUT2D eigenvalue weighted by atomic mass is 19.4. The maximum absolute atomic E-state index is 14.4. The highest BCUT2D eigenvalue weighted by molar-refractivity contribution is 6.09. The van der Waals surface area contributed by atoms with E-state index >= 15 is 0 Å². The van der Waals surface area contributed by atoms with E-state index in [2.05, 4.69) is 4.90 Å². The number of fused-ring (bicyclic) bond motifs is 1. The van der Waals surface area contributed by atoms with E-state index in [1.165, 1.54) is 24.3 Å². The third kappa shape index (κ3) is 7.77. The summed E-state index contributed by atoms with van der Waals surface area (Å²) in [5, 5.41) is 0.618.